The highest BCUT2D eigenvalue weighted by molar-refractivity contribution is 5.21. The lowest BCUT2D eigenvalue weighted by Crippen LogP contribution is -1.99. The Morgan fingerprint density at radius 2 is 2.10 bits per heavy atom. The van der Waals surface area contributed by atoms with Crippen LogP contribution >= 0.6 is 0 Å². The molecule has 0 aromatic carbocycles. The molecule has 0 aromatic rings. The summed E-state index contributed by atoms with van der Waals surface area (Å²) in [6.45, 7) is 4.55. The minimum absolute atomic E-state index is 1.01. The summed E-state index contributed by atoms with van der Waals surface area (Å²) in [6.07, 6.45) is 5.96. The van der Waals surface area contributed by atoms with Crippen LogP contribution in [0.5, 0.6) is 0 Å². The predicted molar refractivity (Wildman–Crippen MR) is 43.8 cm³/mol. The van der Waals surface area contributed by atoms with E-state index in [2.05, 4.69) is 13.8 Å². The van der Waals surface area contributed by atoms with E-state index in [9.17, 15) is 0 Å². The molecule has 2 fully saturated rings. The molecule has 2 rings (SSSR count). The third-order valence-electron chi connectivity index (χ3n) is 3.18. The van der Waals surface area contributed by atoms with E-state index in [-0.39, 0.29) is 0 Å². The quantitative estimate of drug-likeness (QED) is 0.449. The van der Waals surface area contributed by atoms with Gasteiger partial charge in [0, 0.05) is 0 Å². The van der Waals surface area contributed by atoms with E-state index < -0.39 is 0 Å². The highest BCUT2D eigenvalue weighted by Gasteiger charge is 2.35. The molecule has 2 bridgehead atoms. The van der Waals surface area contributed by atoms with Crippen LogP contribution in [0.2, 0.25) is 0 Å². The van der Waals surface area contributed by atoms with Gasteiger partial charge in [-0.2, -0.15) is 0 Å². The lowest BCUT2D eigenvalue weighted by molar-refractivity contribution is 0.557. The van der Waals surface area contributed by atoms with Crippen LogP contribution in [0.15, 0.2) is 11.1 Å². The second-order valence-corrected chi connectivity index (χ2v) is 4.11. The van der Waals surface area contributed by atoms with Crippen molar-refractivity contribution in [2.75, 3.05) is 0 Å². The molecule has 0 aliphatic heterocycles. The zero-order valence-electron chi connectivity index (χ0n) is 6.98. The first kappa shape index (κ1) is 6.45. The first-order valence-corrected chi connectivity index (χ1v) is 4.43. The van der Waals surface area contributed by atoms with Crippen LogP contribution in [0.25, 0.3) is 0 Å². The minimum Gasteiger partial charge on any atom is -0.0769 e. The van der Waals surface area contributed by atoms with Crippen molar-refractivity contribution >= 4 is 0 Å². The van der Waals surface area contributed by atoms with E-state index in [0.717, 1.165) is 11.8 Å². The van der Waals surface area contributed by atoms with Gasteiger partial charge in [0.15, 0.2) is 0 Å². The molecule has 2 atom stereocenters. The average Bonchev–Trinajstić information content (AvgIpc) is 2.44. The molecule has 0 aromatic heterocycles. The number of hydrogen-bond acceptors (Lipinski definition) is 0. The molecule has 2 aliphatic carbocycles. The third kappa shape index (κ3) is 0.817. The largest absolute Gasteiger partial charge is 0.0769 e. The molecule has 0 radical (unpaired) electrons. The van der Waals surface area contributed by atoms with Crippen molar-refractivity contribution in [3.8, 4) is 0 Å². The van der Waals surface area contributed by atoms with Gasteiger partial charge in [0.05, 0.1) is 0 Å². The summed E-state index contributed by atoms with van der Waals surface area (Å²) >= 11 is 0. The van der Waals surface area contributed by atoms with Gasteiger partial charge in [-0.3, -0.25) is 0 Å². The summed E-state index contributed by atoms with van der Waals surface area (Å²) in [6, 6.07) is 0. The maximum Gasteiger partial charge on any atom is -0.0198 e. The number of fused-ring (bicyclic) bond motifs is 2. The van der Waals surface area contributed by atoms with Gasteiger partial charge in [-0.1, -0.05) is 11.1 Å². The van der Waals surface area contributed by atoms with Crippen LogP contribution in [0, 0.1) is 11.8 Å². The Kier molecular flexibility index (Phi) is 1.36. The normalized spacial score (nSPS) is 37.2. The minimum atomic E-state index is 1.01. The Bertz CT molecular complexity index is 172. The summed E-state index contributed by atoms with van der Waals surface area (Å²) in [7, 11) is 0. The maximum atomic E-state index is 2.27. The lowest BCUT2D eigenvalue weighted by atomic mass is 9.92. The van der Waals surface area contributed by atoms with Gasteiger partial charge >= 0.3 is 0 Å². The SMILES string of the molecule is CC(C)=C1C[C@@H]2CC[C@@H]1C2. The lowest BCUT2D eigenvalue weighted by Gasteiger charge is -2.14. The van der Waals surface area contributed by atoms with Crippen LogP contribution in [-0.4, -0.2) is 0 Å². The van der Waals surface area contributed by atoms with Crippen molar-refractivity contribution in [1.29, 1.82) is 0 Å². The smallest absolute Gasteiger partial charge is 0.0198 e. The molecule has 0 heteroatoms. The first-order valence-electron chi connectivity index (χ1n) is 4.43. The van der Waals surface area contributed by atoms with Gasteiger partial charge in [-0.25, -0.2) is 0 Å². The fraction of sp³-hybridized carbons (Fsp3) is 0.800. The van der Waals surface area contributed by atoms with Crippen molar-refractivity contribution in [3.05, 3.63) is 11.1 Å². The van der Waals surface area contributed by atoms with E-state index >= 15 is 0 Å². The standard InChI is InChI=1S/C10H16/c1-7(2)10-6-8-3-4-9(10)5-8/h8-9H,3-6H2,1-2H3/t8-,9-/m1/s1. The molecule has 0 unspecified atom stereocenters. The highest BCUT2D eigenvalue weighted by Crippen LogP contribution is 2.48. The second-order valence-electron chi connectivity index (χ2n) is 4.11. The van der Waals surface area contributed by atoms with E-state index in [4.69, 9.17) is 0 Å². The zero-order valence-corrected chi connectivity index (χ0v) is 6.98. The van der Waals surface area contributed by atoms with Crippen molar-refractivity contribution in [1.82, 2.24) is 0 Å². The first-order chi connectivity index (χ1) is 4.77. The number of allylic oxidation sites excluding steroid dienone is 2. The summed E-state index contributed by atoms with van der Waals surface area (Å²) in [5.41, 5.74) is 3.41. The molecule has 0 amide bonds. The van der Waals surface area contributed by atoms with Crippen LogP contribution in [-0.2, 0) is 0 Å². The van der Waals surface area contributed by atoms with E-state index in [1.165, 1.54) is 25.7 Å². The Labute approximate surface area is 63.3 Å². The van der Waals surface area contributed by atoms with Gasteiger partial charge in [-0.05, 0) is 51.4 Å². The van der Waals surface area contributed by atoms with E-state index in [1.54, 1.807) is 11.1 Å². The summed E-state index contributed by atoms with van der Waals surface area (Å²) in [5.74, 6) is 2.09. The molecule has 0 nitrogen and oxygen atoms in total. The Balaban J connectivity index is 2.23. The molecule has 0 N–H and O–H groups in total. The van der Waals surface area contributed by atoms with Gasteiger partial charge < -0.3 is 0 Å². The van der Waals surface area contributed by atoms with Crippen LogP contribution in [0.4, 0.5) is 0 Å². The van der Waals surface area contributed by atoms with Gasteiger partial charge in [0.1, 0.15) is 0 Å². The molecular formula is C10H16. The van der Waals surface area contributed by atoms with E-state index in [0.29, 0.717) is 0 Å². The molecule has 2 saturated carbocycles. The van der Waals surface area contributed by atoms with Gasteiger partial charge in [0.2, 0.25) is 0 Å². The maximum absolute atomic E-state index is 2.27. The molecule has 0 heterocycles. The summed E-state index contributed by atoms with van der Waals surface area (Å²) in [4.78, 5) is 0. The van der Waals surface area contributed by atoms with Crippen LogP contribution in [0.3, 0.4) is 0 Å². The second kappa shape index (κ2) is 2.11. The fourth-order valence-corrected chi connectivity index (χ4v) is 2.67. The van der Waals surface area contributed by atoms with Crippen LogP contribution in [0.1, 0.15) is 39.5 Å². The van der Waals surface area contributed by atoms with Crippen LogP contribution < -0.4 is 0 Å². The topological polar surface area (TPSA) is 0 Å². The number of rotatable bonds is 0. The van der Waals surface area contributed by atoms with Crippen molar-refractivity contribution < 1.29 is 0 Å². The monoisotopic (exact) mass is 136 g/mol. The predicted octanol–water partition coefficient (Wildman–Crippen LogP) is 3.14. The average molecular weight is 136 g/mol. The zero-order chi connectivity index (χ0) is 7.14. The van der Waals surface area contributed by atoms with Crippen molar-refractivity contribution in [3.63, 3.8) is 0 Å². The summed E-state index contributed by atoms with van der Waals surface area (Å²) < 4.78 is 0. The van der Waals surface area contributed by atoms with E-state index in [1.807, 2.05) is 0 Å². The molecule has 0 saturated heterocycles. The fourth-order valence-electron chi connectivity index (χ4n) is 2.67. The molecule has 2 aliphatic rings. The third-order valence-corrected chi connectivity index (χ3v) is 3.18. The van der Waals surface area contributed by atoms with Crippen molar-refractivity contribution in [2.45, 2.75) is 39.5 Å². The van der Waals surface area contributed by atoms with Gasteiger partial charge in [0.25, 0.3) is 0 Å². The molecule has 0 spiro atoms. The number of hydrogen-bond donors (Lipinski definition) is 0. The molecule has 10 heavy (non-hydrogen) atoms. The molecule has 56 valence electrons. The Morgan fingerprint density at radius 1 is 1.30 bits per heavy atom. The Morgan fingerprint density at radius 3 is 2.40 bits per heavy atom. The van der Waals surface area contributed by atoms with Crippen molar-refractivity contribution in [2.24, 2.45) is 11.8 Å². The molecular weight excluding hydrogens is 120 g/mol. The highest BCUT2D eigenvalue weighted by atomic mass is 14.4. The summed E-state index contributed by atoms with van der Waals surface area (Å²) in [5, 5.41) is 0. The Hall–Kier alpha value is -0.260. The van der Waals surface area contributed by atoms with Gasteiger partial charge in [-0.15, -0.1) is 0 Å².